The number of carbonyl (C=O) groups excluding carboxylic acids is 1. The van der Waals surface area contributed by atoms with Crippen molar-refractivity contribution in [3.05, 3.63) is 0 Å². The fourth-order valence-corrected chi connectivity index (χ4v) is 0.820. The second-order valence-electron chi connectivity index (χ2n) is 3.10. The van der Waals surface area contributed by atoms with Crippen LogP contribution in [-0.2, 0) is 4.79 Å². The molecule has 0 aliphatic rings. The Labute approximate surface area is 79.7 Å². The summed E-state index contributed by atoms with van der Waals surface area (Å²) in [5.74, 6) is 1.33. The van der Waals surface area contributed by atoms with Crippen molar-refractivity contribution < 1.29 is 4.79 Å². The SMILES string of the molecule is CC(C)CNC(=O)CNCCS. The first-order valence-electron chi connectivity index (χ1n) is 4.25. The van der Waals surface area contributed by atoms with Gasteiger partial charge in [0.1, 0.15) is 0 Å². The molecule has 0 unspecified atom stereocenters. The van der Waals surface area contributed by atoms with Crippen LogP contribution >= 0.6 is 12.6 Å². The van der Waals surface area contributed by atoms with Crippen LogP contribution in [0.2, 0.25) is 0 Å². The van der Waals surface area contributed by atoms with Gasteiger partial charge in [-0.05, 0) is 5.92 Å². The van der Waals surface area contributed by atoms with Gasteiger partial charge in [0, 0.05) is 18.8 Å². The van der Waals surface area contributed by atoms with E-state index in [1.165, 1.54) is 0 Å². The molecule has 0 rings (SSSR count). The van der Waals surface area contributed by atoms with E-state index in [4.69, 9.17) is 0 Å². The van der Waals surface area contributed by atoms with E-state index in [-0.39, 0.29) is 5.91 Å². The Morgan fingerprint density at radius 3 is 2.67 bits per heavy atom. The molecule has 1 amide bonds. The first-order chi connectivity index (χ1) is 5.66. The predicted molar refractivity (Wildman–Crippen MR) is 54.6 cm³/mol. The molecule has 0 aliphatic carbocycles. The normalized spacial score (nSPS) is 10.3. The van der Waals surface area contributed by atoms with Crippen molar-refractivity contribution in [1.82, 2.24) is 10.6 Å². The van der Waals surface area contributed by atoms with Crippen LogP contribution in [0.5, 0.6) is 0 Å². The molecule has 0 fully saturated rings. The standard InChI is InChI=1S/C8H18N2OS/c1-7(2)5-10-8(11)6-9-3-4-12/h7,9,12H,3-6H2,1-2H3,(H,10,11). The van der Waals surface area contributed by atoms with Crippen molar-refractivity contribution in [3.8, 4) is 0 Å². The average Bonchev–Trinajstić information content (AvgIpc) is 2.01. The molecule has 0 aromatic carbocycles. The van der Waals surface area contributed by atoms with Crippen molar-refractivity contribution >= 4 is 18.5 Å². The fourth-order valence-electron chi connectivity index (χ4n) is 0.661. The number of thiol groups is 1. The molecular formula is C8H18N2OS. The lowest BCUT2D eigenvalue weighted by atomic mass is 10.2. The summed E-state index contributed by atoms with van der Waals surface area (Å²) in [5.41, 5.74) is 0. The Bertz CT molecular complexity index is 128. The van der Waals surface area contributed by atoms with E-state index in [1.807, 2.05) is 0 Å². The second-order valence-corrected chi connectivity index (χ2v) is 3.55. The van der Waals surface area contributed by atoms with Gasteiger partial charge in [-0.25, -0.2) is 0 Å². The first-order valence-corrected chi connectivity index (χ1v) is 4.88. The third kappa shape index (κ3) is 7.88. The number of hydrogen-bond donors (Lipinski definition) is 3. The zero-order chi connectivity index (χ0) is 9.40. The molecule has 12 heavy (non-hydrogen) atoms. The molecule has 0 aromatic rings. The van der Waals surface area contributed by atoms with Crippen LogP contribution in [0.15, 0.2) is 0 Å². The smallest absolute Gasteiger partial charge is 0.233 e. The minimum Gasteiger partial charge on any atom is -0.355 e. The highest BCUT2D eigenvalue weighted by molar-refractivity contribution is 7.80. The van der Waals surface area contributed by atoms with Crippen LogP contribution in [0.4, 0.5) is 0 Å². The molecule has 4 heteroatoms. The van der Waals surface area contributed by atoms with Crippen LogP contribution < -0.4 is 10.6 Å². The summed E-state index contributed by atoms with van der Waals surface area (Å²) in [6.45, 7) is 6.07. The maximum absolute atomic E-state index is 11.0. The van der Waals surface area contributed by atoms with Gasteiger partial charge in [0.15, 0.2) is 0 Å². The fraction of sp³-hybridized carbons (Fsp3) is 0.875. The predicted octanol–water partition coefficient (Wildman–Crippen LogP) is 0.278. The number of carbonyl (C=O) groups is 1. The van der Waals surface area contributed by atoms with Gasteiger partial charge < -0.3 is 10.6 Å². The molecule has 0 heterocycles. The number of nitrogens with one attached hydrogen (secondary N) is 2. The molecule has 0 radical (unpaired) electrons. The number of amides is 1. The third-order valence-corrected chi connectivity index (χ3v) is 1.51. The molecular weight excluding hydrogens is 172 g/mol. The van der Waals surface area contributed by atoms with Crippen LogP contribution in [0.1, 0.15) is 13.8 Å². The Kier molecular flexibility index (Phi) is 7.29. The van der Waals surface area contributed by atoms with E-state index >= 15 is 0 Å². The van der Waals surface area contributed by atoms with E-state index < -0.39 is 0 Å². The van der Waals surface area contributed by atoms with E-state index in [0.29, 0.717) is 12.5 Å². The van der Waals surface area contributed by atoms with Gasteiger partial charge in [0.2, 0.25) is 5.91 Å². The van der Waals surface area contributed by atoms with Crippen LogP contribution in [-0.4, -0.2) is 31.3 Å². The lowest BCUT2D eigenvalue weighted by Gasteiger charge is -2.07. The molecule has 72 valence electrons. The van der Waals surface area contributed by atoms with Gasteiger partial charge in [-0.15, -0.1) is 0 Å². The van der Waals surface area contributed by atoms with Gasteiger partial charge >= 0.3 is 0 Å². The first kappa shape index (κ1) is 11.8. The highest BCUT2D eigenvalue weighted by atomic mass is 32.1. The summed E-state index contributed by atoms with van der Waals surface area (Å²) in [4.78, 5) is 11.0. The average molecular weight is 190 g/mol. The number of hydrogen-bond acceptors (Lipinski definition) is 3. The summed E-state index contributed by atoms with van der Waals surface area (Å²) in [5, 5.41) is 5.78. The van der Waals surface area contributed by atoms with Gasteiger partial charge in [-0.2, -0.15) is 12.6 Å². The van der Waals surface area contributed by atoms with E-state index in [1.54, 1.807) is 0 Å². The zero-order valence-corrected chi connectivity index (χ0v) is 8.66. The summed E-state index contributed by atoms with van der Waals surface area (Å²) in [7, 11) is 0. The highest BCUT2D eigenvalue weighted by Gasteiger charge is 1.99. The molecule has 2 N–H and O–H groups in total. The molecule has 0 atom stereocenters. The zero-order valence-electron chi connectivity index (χ0n) is 7.76. The Morgan fingerprint density at radius 2 is 2.17 bits per heavy atom. The molecule has 0 saturated carbocycles. The lowest BCUT2D eigenvalue weighted by Crippen LogP contribution is -2.36. The van der Waals surface area contributed by atoms with Crippen molar-refractivity contribution in [2.24, 2.45) is 5.92 Å². The Morgan fingerprint density at radius 1 is 1.50 bits per heavy atom. The van der Waals surface area contributed by atoms with Crippen molar-refractivity contribution in [2.75, 3.05) is 25.4 Å². The van der Waals surface area contributed by atoms with Gasteiger partial charge in [0.25, 0.3) is 0 Å². The van der Waals surface area contributed by atoms with Gasteiger partial charge in [-0.1, -0.05) is 13.8 Å². The van der Waals surface area contributed by atoms with Crippen molar-refractivity contribution in [1.29, 1.82) is 0 Å². The van der Waals surface area contributed by atoms with Crippen LogP contribution in [0.25, 0.3) is 0 Å². The molecule has 0 bridgehead atoms. The highest BCUT2D eigenvalue weighted by Crippen LogP contribution is 1.85. The molecule has 0 spiro atoms. The maximum atomic E-state index is 11.0. The summed E-state index contributed by atoms with van der Waals surface area (Å²) in [6, 6.07) is 0. The summed E-state index contributed by atoms with van der Waals surface area (Å²) < 4.78 is 0. The molecule has 0 saturated heterocycles. The largest absolute Gasteiger partial charge is 0.355 e. The quantitative estimate of drug-likeness (QED) is 0.416. The molecule has 3 nitrogen and oxygen atoms in total. The van der Waals surface area contributed by atoms with Crippen molar-refractivity contribution in [2.45, 2.75) is 13.8 Å². The Balaban J connectivity index is 3.22. The van der Waals surface area contributed by atoms with E-state index in [9.17, 15) is 4.79 Å². The summed E-state index contributed by atoms with van der Waals surface area (Å²) >= 11 is 4.01. The maximum Gasteiger partial charge on any atom is 0.233 e. The minimum absolute atomic E-state index is 0.0606. The van der Waals surface area contributed by atoms with E-state index in [2.05, 4.69) is 37.1 Å². The van der Waals surface area contributed by atoms with E-state index in [0.717, 1.165) is 18.8 Å². The van der Waals surface area contributed by atoms with Crippen LogP contribution in [0, 0.1) is 5.92 Å². The summed E-state index contributed by atoms with van der Waals surface area (Å²) in [6.07, 6.45) is 0. The van der Waals surface area contributed by atoms with Gasteiger partial charge in [-0.3, -0.25) is 4.79 Å². The van der Waals surface area contributed by atoms with Crippen LogP contribution in [0.3, 0.4) is 0 Å². The third-order valence-electron chi connectivity index (χ3n) is 1.28. The van der Waals surface area contributed by atoms with Crippen molar-refractivity contribution in [3.63, 3.8) is 0 Å². The lowest BCUT2D eigenvalue weighted by molar-refractivity contribution is -0.120. The Hall–Kier alpha value is -0.220. The monoisotopic (exact) mass is 190 g/mol. The minimum atomic E-state index is 0.0606. The number of rotatable bonds is 6. The van der Waals surface area contributed by atoms with Gasteiger partial charge in [0.05, 0.1) is 6.54 Å². The second kappa shape index (κ2) is 7.43. The molecule has 0 aromatic heterocycles. The molecule has 0 aliphatic heterocycles. The topological polar surface area (TPSA) is 41.1 Å².